The Bertz CT molecular complexity index is 1900. The summed E-state index contributed by atoms with van der Waals surface area (Å²) in [7, 11) is 0. The Balaban J connectivity index is 0.989. The zero-order valence-electron chi connectivity index (χ0n) is 36.1. The van der Waals surface area contributed by atoms with Gasteiger partial charge in [-0.1, -0.05) is 72.8 Å². The van der Waals surface area contributed by atoms with E-state index in [-0.39, 0.29) is 0 Å². The first-order valence-corrected chi connectivity index (χ1v) is 25.6. The minimum atomic E-state index is 0.365. The highest BCUT2D eigenvalue weighted by Crippen LogP contribution is 2.39. The molecule has 8 nitrogen and oxygen atoms in total. The largest absolute Gasteiger partial charge is 0.487 e. The van der Waals surface area contributed by atoms with Gasteiger partial charge in [0.25, 0.3) is 0 Å². The molecule has 0 fully saturated rings. The molecule has 7 rings (SSSR count). The fraction of sp³-hybridized carbons (Fsp3) is 0.308. The van der Waals surface area contributed by atoms with E-state index in [2.05, 4.69) is 121 Å². The van der Waals surface area contributed by atoms with Crippen molar-refractivity contribution in [2.24, 2.45) is 0 Å². The standard InChI is InChI=1S/C52H56O8S4/c1-5-13-45(14-6-1)61-37-41-33-49-50(34-42(41)38-62-46-15-7-2-8-16-46)58-30-26-54-23-24-56-28-32-60-52-36-44(40-64-48-19-11-4-12-20-48)43(39-63-47-17-9-3-10-18-47)35-51(52)59-31-27-55-22-21-53-25-29-57-49/h1-20,33-36H,21-32,37-40H2. The number of ether oxygens (including phenoxy) is 8. The van der Waals surface area contributed by atoms with Crippen LogP contribution in [0.3, 0.4) is 0 Å². The van der Waals surface area contributed by atoms with E-state index >= 15 is 0 Å². The molecule has 0 bridgehead atoms. The van der Waals surface area contributed by atoms with E-state index < -0.39 is 0 Å². The minimum absolute atomic E-state index is 0.365. The van der Waals surface area contributed by atoms with Gasteiger partial charge >= 0.3 is 0 Å². The van der Waals surface area contributed by atoms with Crippen molar-refractivity contribution in [3.05, 3.63) is 168 Å². The van der Waals surface area contributed by atoms with Gasteiger partial charge in [0.1, 0.15) is 26.4 Å². The summed E-state index contributed by atoms with van der Waals surface area (Å²) in [5.41, 5.74) is 4.81. The molecule has 0 saturated carbocycles. The molecule has 0 aromatic heterocycles. The summed E-state index contributed by atoms with van der Waals surface area (Å²) in [5, 5.41) is 0. The molecule has 1 aliphatic heterocycles. The monoisotopic (exact) mass is 936 g/mol. The second-order valence-corrected chi connectivity index (χ2v) is 18.6. The van der Waals surface area contributed by atoms with Crippen molar-refractivity contribution < 1.29 is 37.9 Å². The molecule has 6 aromatic carbocycles. The van der Waals surface area contributed by atoms with Gasteiger partial charge in [-0.3, -0.25) is 0 Å². The van der Waals surface area contributed by atoms with Crippen molar-refractivity contribution in [1.29, 1.82) is 0 Å². The van der Waals surface area contributed by atoms with Crippen LogP contribution in [0.4, 0.5) is 0 Å². The Morgan fingerprint density at radius 2 is 0.469 bits per heavy atom. The molecular formula is C52H56O8S4. The first-order valence-electron chi connectivity index (χ1n) is 21.6. The fourth-order valence-corrected chi connectivity index (χ4v) is 10.2. The molecule has 0 N–H and O–H groups in total. The van der Waals surface area contributed by atoms with Crippen LogP contribution in [-0.2, 0) is 42.0 Å². The topological polar surface area (TPSA) is 73.8 Å². The average Bonchev–Trinajstić information content (AvgIpc) is 3.34. The summed E-state index contributed by atoms with van der Waals surface area (Å²) < 4.78 is 49.2. The third kappa shape index (κ3) is 16.6. The van der Waals surface area contributed by atoms with Gasteiger partial charge in [0, 0.05) is 42.6 Å². The third-order valence-corrected chi connectivity index (χ3v) is 14.0. The summed E-state index contributed by atoms with van der Waals surface area (Å²) in [6.45, 7) is 4.81. The summed E-state index contributed by atoms with van der Waals surface area (Å²) in [6.07, 6.45) is 0. The molecule has 0 amide bonds. The van der Waals surface area contributed by atoms with Gasteiger partial charge in [-0.2, -0.15) is 0 Å². The predicted octanol–water partition coefficient (Wildman–Crippen LogP) is 12.2. The van der Waals surface area contributed by atoms with Gasteiger partial charge in [0.2, 0.25) is 0 Å². The maximum absolute atomic E-state index is 6.37. The number of thioether (sulfide) groups is 4. The van der Waals surface area contributed by atoms with Gasteiger partial charge in [0.15, 0.2) is 23.0 Å². The van der Waals surface area contributed by atoms with Crippen LogP contribution in [0, 0.1) is 0 Å². The molecule has 64 heavy (non-hydrogen) atoms. The van der Waals surface area contributed by atoms with Crippen molar-refractivity contribution >= 4 is 47.0 Å². The summed E-state index contributed by atoms with van der Waals surface area (Å²) in [4.78, 5) is 4.87. The molecule has 0 radical (unpaired) electrons. The number of fused-ring (bicyclic) bond motifs is 2. The van der Waals surface area contributed by atoms with Crippen LogP contribution in [0.25, 0.3) is 0 Å². The fourth-order valence-electron chi connectivity index (χ4n) is 6.47. The number of rotatable bonds is 12. The normalized spacial score (nSPS) is 14.9. The molecule has 336 valence electrons. The molecule has 0 atom stereocenters. The van der Waals surface area contributed by atoms with E-state index in [1.807, 2.05) is 71.3 Å². The van der Waals surface area contributed by atoms with E-state index in [0.717, 1.165) is 23.0 Å². The highest BCUT2D eigenvalue weighted by atomic mass is 32.2. The van der Waals surface area contributed by atoms with Crippen molar-refractivity contribution in [1.82, 2.24) is 0 Å². The van der Waals surface area contributed by atoms with Crippen LogP contribution in [-0.4, -0.2) is 79.3 Å². The quantitative estimate of drug-likeness (QED) is 0.110. The highest BCUT2D eigenvalue weighted by molar-refractivity contribution is 7.99. The third-order valence-electron chi connectivity index (χ3n) is 9.77. The molecule has 0 spiro atoms. The maximum Gasteiger partial charge on any atom is 0.161 e. The molecule has 0 unspecified atom stereocenters. The Morgan fingerprint density at radius 3 is 0.688 bits per heavy atom. The maximum atomic E-state index is 6.37. The van der Waals surface area contributed by atoms with E-state index in [1.165, 1.54) is 41.8 Å². The number of hydrogen-bond acceptors (Lipinski definition) is 12. The Morgan fingerprint density at radius 1 is 0.266 bits per heavy atom. The van der Waals surface area contributed by atoms with Crippen LogP contribution in [0.15, 0.2) is 165 Å². The van der Waals surface area contributed by atoms with Crippen molar-refractivity contribution in [2.75, 3.05) is 79.3 Å². The second-order valence-electron chi connectivity index (χ2n) is 14.4. The van der Waals surface area contributed by atoms with E-state index in [1.54, 1.807) is 0 Å². The van der Waals surface area contributed by atoms with Crippen LogP contribution in [0.1, 0.15) is 22.3 Å². The van der Waals surface area contributed by atoms with Crippen molar-refractivity contribution in [3.63, 3.8) is 0 Å². The highest BCUT2D eigenvalue weighted by Gasteiger charge is 2.16. The lowest BCUT2D eigenvalue weighted by Crippen LogP contribution is -2.16. The smallest absolute Gasteiger partial charge is 0.161 e. The molecule has 12 heteroatoms. The first kappa shape index (κ1) is 47.7. The second kappa shape index (κ2) is 27.9. The average molecular weight is 937 g/mol. The van der Waals surface area contributed by atoms with Gasteiger partial charge in [-0.15, -0.1) is 47.0 Å². The molecule has 1 heterocycles. The molecular weight excluding hydrogens is 881 g/mol. The van der Waals surface area contributed by atoms with E-state index in [0.29, 0.717) is 102 Å². The summed E-state index contributed by atoms with van der Waals surface area (Å²) in [5.74, 6) is 5.95. The van der Waals surface area contributed by atoms with Crippen LogP contribution >= 0.6 is 47.0 Å². The lowest BCUT2D eigenvalue weighted by molar-refractivity contribution is 0.0223. The molecule has 0 saturated heterocycles. The van der Waals surface area contributed by atoms with Crippen LogP contribution < -0.4 is 18.9 Å². The Hall–Kier alpha value is -4.24. The Kier molecular flexibility index (Phi) is 20.8. The lowest BCUT2D eigenvalue weighted by atomic mass is 10.1. The first-order chi connectivity index (χ1) is 31.8. The van der Waals surface area contributed by atoms with E-state index in [4.69, 9.17) is 37.9 Å². The minimum Gasteiger partial charge on any atom is -0.487 e. The summed E-state index contributed by atoms with van der Waals surface area (Å²) >= 11 is 7.24. The van der Waals surface area contributed by atoms with Crippen LogP contribution in [0.5, 0.6) is 23.0 Å². The lowest BCUT2D eigenvalue weighted by Gasteiger charge is -2.19. The van der Waals surface area contributed by atoms with Crippen molar-refractivity contribution in [2.45, 2.75) is 42.6 Å². The Labute approximate surface area is 395 Å². The SMILES string of the molecule is c1ccc(SCc2cc3c(cc2CSc2ccccc2)OCCOCCOCCOc2cc(CSc4ccccc4)c(CSc4ccccc4)cc2OCCOCCOCCO3)cc1. The van der Waals surface area contributed by atoms with Gasteiger partial charge in [-0.25, -0.2) is 0 Å². The zero-order valence-corrected chi connectivity index (χ0v) is 39.3. The van der Waals surface area contributed by atoms with E-state index in [9.17, 15) is 0 Å². The van der Waals surface area contributed by atoms with Gasteiger partial charge < -0.3 is 37.9 Å². The van der Waals surface area contributed by atoms with Gasteiger partial charge in [0.05, 0.1) is 52.9 Å². The van der Waals surface area contributed by atoms with Gasteiger partial charge in [-0.05, 0) is 95.1 Å². The number of hydrogen-bond donors (Lipinski definition) is 0. The van der Waals surface area contributed by atoms with Crippen molar-refractivity contribution in [3.8, 4) is 23.0 Å². The predicted molar refractivity (Wildman–Crippen MR) is 262 cm³/mol. The molecule has 0 aliphatic carbocycles. The zero-order chi connectivity index (χ0) is 43.7. The summed E-state index contributed by atoms with van der Waals surface area (Å²) in [6, 6.07) is 50.4. The molecule has 6 aromatic rings. The molecule has 1 aliphatic rings. The van der Waals surface area contributed by atoms with Crippen LogP contribution in [0.2, 0.25) is 0 Å². The number of benzene rings is 6.